The lowest BCUT2D eigenvalue weighted by Gasteiger charge is -2.35. The predicted molar refractivity (Wildman–Crippen MR) is 68.8 cm³/mol. The summed E-state index contributed by atoms with van der Waals surface area (Å²) in [7, 11) is 0. The average Bonchev–Trinajstić information content (AvgIpc) is 2.15. The zero-order valence-electron chi connectivity index (χ0n) is 11.3. The van der Waals surface area contributed by atoms with Crippen molar-refractivity contribution in [2.75, 3.05) is 26.2 Å². The molecule has 1 aliphatic rings. The molecule has 0 saturated carbocycles. The normalized spacial score (nSPS) is 27.6. The third-order valence-electron chi connectivity index (χ3n) is 2.95. The third-order valence-corrected chi connectivity index (χ3v) is 2.95. The summed E-state index contributed by atoms with van der Waals surface area (Å²) in [5, 5.41) is 3.46. The predicted octanol–water partition coefficient (Wildman–Crippen LogP) is 1.87. The van der Waals surface area contributed by atoms with Gasteiger partial charge < -0.3 is 10.1 Å². The zero-order chi connectivity index (χ0) is 12.0. The van der Waals surface area contributed by atoms with Crippen LogP contribution >= 0.6 is 0 Å². The van der Waals surface area contributed by atoms with Gasteiger partial charge in [0.15, 0.2) is 0 Å². The molecular weight excluding hydrogens is 200 g/mol. The van der Waals surface area contributed by atoms with E-state index < -0.39 is 0 Å². The van der Waals surface area contributed by atoms with Gasteiger partial charge in [0.1, 0.15) is 0 Å². The van der Waals surface area contributed by atoms with E-state index in [4.69, 9.17) is 4.74 Å². The summed E-state index contributed by atoms with van der Waals surface area (Å²) < 4.78 is 5.72. The second-order valence-corrected chi connectivity index (χ2v) is 5.33. The van der Waals surface area contributed by atoms with E-state index in [9.17, 15) is 0 Å². The van der Waals surface area contributed by atoms with Gasteiger partial charge in [-0.25, -0.2) is 0 Å². The molecule has 16 heavy (non-hydrogen) atoms. The molecular formula is C13H28N2O. The van der Waals surface area contributed by atoms with E-state index in [0.29, 0.717) is 18.2 Å². The highest BCUT2D eigenvalue weighted by molar-refractivity contribution is 4.72. The maximum absolute atomic E-state index is 5.72. The molecule has 2 atom stereocenters. The van der Waals surface area contributed by atoms with E-state index in [1.54, 1.807) is 0 Å². The lowest BCUT2D eigenvalue weighted by molar-refractivity contribution is -0.0681. The molecule has 1 fully saturated rings. The minimum Gasteiger partial charge on any atom is -0.373 e. The van der Waals surface area contributed by atoms with Crippen molar-refractivity contribution in [3.05, 3.63) is 0 Å². The Morgan fingerprint density at radius 3 is 2.38 bits per heavy atom. The summed E-state index contributed by atoms with van der Waals surface area (Å²) in [5.41, 5.74) is 0. The fraction of sp³-hybridized carbons (Fsp3) is 1.00. The van der Waals surface area contributed by atoms with Crippen LogP contribution < -0.4 is 5.32 Å². The highest BCUT2D eigenvalue weighted by Gasteiger charge is 2.21. The Morgan fingerprint density at radius 2 is 1.81 bits per heavy atom. The number of rotatable bonds is 6. The minimum atomic E-state index is 0.400. The first kappa shape index (κ1) is 13.9. The van der Waals surface area contributed by atoms with Crippen LogP contribution in [0.3, 0.4) is 0 Å². The molecule has 0 bridgehead atoms. The molecule has 0 amide bonds. The largest absolute Gasteiger partial charge is 0.373 e. The first-order chi connectivity index (χ1) is 7.58. The Kier molecular flexibility index (Phi) is 6.32. The Morgan fingerprint density at radius 1 is 1.19 bits per heavy atom. The molecule has 1 heterocycles. The van der Waals surface area contributed by atoms with Gasteiger partial charge in [-0.05, 0) is 39.8 Å². The zero-order valence-corrected chi connectivity index (χ0v) is 11.3. The van der Waals surface area contributed by atoms with Crippen LogP contribution in [-0.4, -0.2) is 49.3 Å². The van der Waals surface area contributed by atoms with Crippen molar-refractivity contribution in [3.8, 4) is 0 Å². The SMILES string of the molecule is CC(C)NCCCCN1C[C@@H](C)O[C@@H](C)C1. The Hall–Kier alpha value is -0.120. The molecule has 96 valence electrons. The lowest BCUT2D eigenvalue weighted by Crippen LogP contribution is -2.45. The molecule has 0 unspecified atom stereocenters. The van der Waals surface area contributed by atoms with Crippen LogP contribution in [0.25, 0.3) is 0 Å². The van der Waals surface area contributed by atoms with E-state index in [-0.39, 0.29) is 0 Å². The van der Waals surface area contributed by atoms with Crippen LogP contribution in [0.2, 0.25) is 0 Å². The number of hydrogen-bond acceptors (Lipinski definition) is 3. The van der Waals surface area contributed by atoms with E-state index in [1.165, 1.54) is 19.4 Å². The van der Waals surface area contributed by atoms with Crippen LogP contribution in [0.5, 0.6) is 0 Å². The summed E-state index contributed by atoms with van der Waals surface area (Å²) >= 11 is 0. The van der Waals surface area contributed by atoms with Crippen molar-refractivity contribution < 1.29 is 4.74 Å². The Balaban J connectivity index is 2.04. The first-order valence-electron chi connectivity index (χ1n) is 6.69. The van der Waals surface area contributed by atoms with Gasteiger partial charge in [0, 0.05) is 19.1 Å². The maximum atomic E-state index is 5.72. The molecule has 1 saturated heterocycles. The smallest absolute Gasteiger partial charge is 0.0678 e. The van der Waals surface area contributed by atoms with E-state index >= 15 is 0 Å². The summed E-state index contributed by atoms with van der Waals surface area (Å²) in [6, 6.07) is 0.614. The van der Waals surface area contributed by atoms with Gasteiger partial charge in [-0.1, -0.05) is 13.8 Å². The average molecular weight is 228 g/mol. The summed E-state index contributed by atoms with van der Waals surface area (Å²) in [4.78, 5) is 2.54. The fourth-order valence-electron chi connectivity index (χ4n) is 2.32. The summed E-state index contributed by atoms with van der Waals surface area (Å²) in [5.74, 6) is 0. The standard InChI is InChI=1S/C13H28N2O/c1-11(2)14-7-5-6-8-15-9-12(3)16-13(4)10-15/h11-14H,5-10H2,1-4H3/t12-,13+. The summed E-state index contributed by atoms with van der Waals surface area (Å²) in [6.45, 7) is 13.3. The van der Waals surface area contributed by atoms with Crippen molar-refractivity contribution >= 4 is 0 Å². The number of nitrogens with one attached hydrogen (secondary N) is 1. The highest BCUT2D eigenvalue weighted by atomic mass is 16.5. The van der Waals surface area contributed by atoms with Gasteiger partial charge in [0.25, 0.3) is 0 Å². The van der Waals surface area contributed by atoms with E-state index in [2.05, 4.69) is 37.9 Å². The molecule has 0 aromatic carbocycles. The summed E-state index contributed by atoms with van der Waals surface area (Å²) in [6.07, 6.45) is 3.37. The molecule has 3 heteroatoms. The van der Waals surface area contributed by atoms with E-state index in [0.717, 1.165) is 19.6 Å². The number of nitrogens with zero attached hydrogens (tertiary/aromatic N) is 1. The van der Waals surface area contributed by atoms with Gasteiger partial charge in [-0.15, -0.1) is 0 Å². The molecule has 3 nitrogen and oxygen atoms in total. The lowest BCUT2D eigenvalue weighted by atomic mass is 10.2. The molecule has 1 N–H and O–H groups in total. The molecule has 0 aromatic heterocycles. The molecule has 0 aliphatic carbocycles. The fourth-order valence-corrected chi connectivity index (χ4v) is 2.32. The maximum Gasteiger partial charge on any atom is 0.0678 e. The number of morpholine rings is 1. The van der Waals surface area contributed by atoms with Gasteiger partial charge >= 0.3 is 0 Å². The van der Waals surface area contributed by atoms with Gasteiger partial charge in [0.05, 0.1) is 12.2 Å². The van der Waals surface area contributed by atoms with Crippen LogP contribution in [0.1, 0.15) is 40.5 Å². The van der Waals surface area contributed by atoms with Crippen LogP contribution in [0, 0.1) is 0 Å². The van der Waals surface area contributed by atoms with Crippen LogP contribution in [0.15, 0.2) is 0 Å². The van der Waals surface area contributed by atoms with Gasteiger partial charge in [-0.3, -0.25) is 4.90 Å². The van der Waals surface area contributed by atoms with Crippen LogP contribution in [-0.2, 0) is 4.74 Å². The quantitative estimate of drug-likeness (QED) is 0.703. The number of ether oxygens (including phenoxy) is 1. The monoisotopic (exact) mass is 228 g/mol. The minimum absolute atomic E-state index is 0.400. The van der Waals surface area contributed by atoms with E-state index in [1.807, 2.05) is 0 Å². The first-order valence-corrected chi connectivity index (χ1v) is 6.69. The Labute approximate surface area is 101 Å². The van der Waals surface area contributed by atoms with Crippen molar-refractivity contribution in [2.45, 2.75) is 58.8 Å². The van der Waals surface area contributed by atoms with Crippen molar-refractivity contribution in [3.63, 3.8) is 0 Å². The van der Waals surface area contributed by atoms with Crippen molar-refractivity contribution in [2.24, 2.45) is 0 Å². The molecule has 0 aromatic rings. The van der Waals surface area contributed by atoms with Gasteiger partial charge in [-0.2, -0.15) is 0 Å². The molecule has 0 radical (unpaired) electrons. The highest BCUT2D eigenvalue weighted by Crippen LogP contribution is 2.10. The van der Waals surface area contributed by atoms with Crippen molar-refractivity contribution in [1.82, 2.24) is 10.2 Å². The van der Waals surface area contributed by atoms with Gasteiger partial charge in [0.2, 0.25) is 0 Å². The Bertz CT molecular complexity index is 175. The molecule has 1 aliphatic heterocycles. The second-order valence-electron chi connectivity index (χ2n) is 5.33. The molecule has 0 spiro atoms. The van der Waals surface area contributed by atoms with Crippen molar-refractivity contribution in [1.29, 1.82) is 0 Å². The number of hydrogen-bond donors (Lipinski definition) is 1. The topological polar surface area (TPSA) is 24.5 Å². The van der Waals surface area contributed by atoms with Crippen LogP contribution in [0.4, 0.5) is 0 Å². The number of unbranched alkanes of at least 4 members (excludes halogenated alkanes) is 1. The second kappa shape index (κ2) is 7.25. The third kappa shape index (κ3) is 5.83. The molecule has 1 rings (SSSR count).